The lowest BCUT2D eigenvalue weighted by Crippen LogP contribution is -2.01. The first-order valence-electron chi connectivity index (χ1n) is 6.27. The van der Waals surface area contributed by atoms with E-state index in [9.17, 15) is 10.1 Å². The summed E-state index contributed by atoms with van der Waals surface area (Å²) < 4.78 is 4.99. The number of non-ortho nitro benzene ring substituents is 1. The summed E-state index contributed by atoms with van der Waals surface area (Å²) in [6, 6.07) is 4.98. The van der Waals surface area contributed by atoms with Gasteiger partial charge >= 0.3 is 0 Å². The number of rotatable bonds is 9. The molecular weight excluding hydrogens is 264 g/mol. The van der Waals surface area contributed by atoms with Crippen molar-refractivity contribution in [1.29, 1.82) is 0 Å². The summed E-state index contributed by atoms with van der Waals surface area (Å²) in [6.07, 6.45) is 0.993. The Hall–Kier alpha value is -1.27. The molecule has 0 amide bonds. The third-order valence-corrected chi connectivity index (χ3v) is 3.65. The summed E-state index contributed by atoms with van der Waals surface area (Å²) >= 11 is 1.76. The zero-order chi connectivity index (χ0) is 14.1. The van der Waals surface area contributed by atoms with Crippen LogP contribution in [0.5, 0.6) is 0 Å². The monoisotopic (exact) mass is 284 g/mol. The standard InChI is InChI=1S/C13H20N2O3S/c1-3-14-13-6-5-12(15(16)17)9-11(13)10-19-8-4-7-18-2/h5-6,9,14H,3-4,7-8,10H2,1-2H3. The van der Waals surface area contributed by atoms with Crippen LogP contribution < -0.4 is 5.32 Å². The minimum atomic E-state index is -0.352. The molecule has 19 heavy (non-hydrogen) atoms. The molecule has 1 rings (SSSR count). The van der Waals surface area contributed by atoms with Gasteiger partial charge < -0.3 is 10.1 Å². The topological polar surface area (TPSA) is 64.4 Å². The van der Waals surface area contributed by atoms with Gasteiger partial charge in [-0.3, -0.25) is 10.1 Å². The number of nitrogens with one attached hydrogen (secondary N) is 1. The van der Waals surface area contributed by atoms with Gasteiger partial charge in [0, 0.05) is 43.8 Å². The molecule has 1 aromatic rings. The number of thioether (sulfide) groups is 1. The quantitative estimate of drug-likeness (QED) is 0.428. The van der Waals surface area contributed by atoms with Crippen molar-refractivity contribution in [2.75, 3.05) is 31.3 Å². The Morgan fingerprint density at radius 2 is 2.26 bits per heavy atom. The number of anilines is 1. The highest BCUT2D eigenvalue weighted by molar-refractivity contribution is 7.98. The molecular formula is C13H20N2O3S. The van der Waals surface area contributed by atoms with Crippen molar-refractivity contribution in [3.8, 4) is 0 Å². The summed E-state index contributed by atoms with van der Waals surface area (Å²) in [5.74, 6) is 1.76. The molecule has 106 valence electrons. The average Bonchev–Trinajstić information content (AvgIpc) is 2.40. The van der Waals surface area contributed by atoms with Crippen LogP contribution in [0, 0.1) is 10.1 Å². The molecule has 0 spiro atoms. The summed E-state index contributed by atoms with van der Waals surface area (Å²) in [5.41, 5.74) is 2.11. The fourth-order valence-electron chi connectivity index (χ4n) is 1.66. The smallest absolute Gasteiger partial charge is 0.269 e. The number of hydrogen-bond donors (Lipinski definition) is 1. The maximum atomic E-state index is 10.8. The molecule has 5 nitrogen and oxygen atoms in total. The Labute approximate surface area is 117 Å². The van der Waals surface area contributed by atoms with Crippen LogP contribution in [-0.4, -0.2) is 30.9 Å². The number of ether oxygens (including phenoxy) is 1. The van der Waals surface area contributed by atoms with E-state index < -0.39 is 0 Å². The van der Waals surface area contributed by atoms with E-state index in [0.29, 0.717) is 0 Å². The Bertz CT molecular complexity index is 413. The van der Waals surface area contributed by atoms with Crippen molar-refractivity contribution >= 4 is 23.1 Å². The first-order valence-corrected chi connectivity index (χ1v) is 7.42. The van der Waals surface area contributed by atoms with Gasteiger partial charge in [-0.25, -0.2) is 0 Å². The highest BCUT2D eigenvalue weighted by atomic mass is 32.2. The Morgan fingerprint density at radius 3 is 2.89 bits per heavy atom. The molecule has 0 aliphatic heterocycles. The first kappa shape index (κ1) is 15.8. The van der Waals surface area contributed by atoms with Crippen LogP contribution in [-0.2, 0) is 10.5 Å². The number of benzene rings is 1. The van der Waals surface area contributed by atoms with Crippen LogP contribution in [0.3, 0.4) is 0 Å². The second-order valence-electron chi connectivity index (χ2n) is 4.03. The lowest BCUT2D eigenvalue weighted by atomic mass is 10.2. The molecule has 0 heterocycles. The Kier molecular flexibility index (Phi) is 7.28. The summed E-state index contributed by atoms with van der Waals surface area (Å²) in [5, 5.41) is 14.0. The number of nitrogens with zero attached hydrogens (tertiary/aromatic N) is 1. The van der Waals surface area contributed by atoms with Crippen molar-refractivity contribution < 1.29 is 9.66 Å². The van der Waals surface area contributed by atoms with E-state index in [1.165, 1.54) is 6.07 Å². The van der Waals surface area contributed by atoms with E-state index in [2.05, 4.69) is 5.32 Å². The van der Waals surface area contributed by atoms with E-state index in [-0.39, 0.29) is 10.6 Å². The van der Waals surface area contributed by atoms with E-state index in [4.69, 9.17) is 4.74 Å². The van der Waals surface area contributed by atoms with Gasteiger partial charge in [0.15, 0.2) is 0 Å². The van der Waals surface area contributed by atoms with Crippen LogP contribution in [0.15, 0.2) is 18.2 Å². The molecule has 0 saturated carbocycles. The second kappa shape index (κ2) is 8.77. The predicted octanol–water partition coefficient (Wildman–Crippen LogP) is 3.30. The summed E-state index contributed by atoms with van der Waals surface area (Å²) in [6.45, 7) is 3.57. The molecule has 0 fully saturated rings. The molecule has 1 N–H and O–H groups in total. The van der Waals surface area contributed by atoms with Crippen LogP contribution >= 0.6 is 11.8 Å². The molecule has 0 saturated heterocycles. The predicted molar refractivity (Wildman–Crippen MR) is 79.9 cm³/mol. The minimum absolute atomic E-state index is 0.147. The molecule has 0 unspecified atom stereocenters. The van der Waals surface area contributed by atoms with Gasteiger partial charge in [0.25, 0.3) is 5.69 Å². The number of hydrogen-bond acceptors (Lipinski definition) is 5. The maximum Gasteiger partial charge on any atom is 0.269 e. The lowest BCUT2D eigenvalue weighted by Gasteiger charge is -2.10. The van der Waals surface area contributed by atoms with E-state index >= 15 is 0 Å². The van der Waals surface area contributed by atoms with E-state index in [0.717, 1.165) is 42.3 Å². The zero-order valence-electron chi connectivity index (χ0n) is 11.3. The SMILES string of the molecule is CCNc1ccc([N+](=O)[O-])cc1CSCCCOC. The molecule has 0 aromatic heterocycles. The maximum absolute atomic E-state index is 10.8. The summed E-state index contributed by atoms with van der Waals surface area (Å²) in [7, 11) is 1.69. The molecule has 1 aromatic carbocycles. The van der Waals surface area contributed by atoms with Gasteiger partial charge in [-0.1, -0.05) is 0 Å². The normalized spacial score (nSPS) is 10.4. The van der Waals surface area contributed by atoms with Crippen LogP contribution in [0.1, 0.15) is 18.9 Å². The Morgan fingerprint density at radius 1 is 1.47 bits per heavy atom. The number of methoxy groups -OCH3 is 1. The average molecular weight is 284 g/mol. The van der Waals surface area contributed by atoms with Gasteiger partial charge in [0.1, 0.15) is 0 Å². The van der Waals surface area contributed by atoms with E-state index in [1.54, 1.807) is 31.0 Å². The third-order valence-electron chi connectivity index (χ3n) is 2.56. The lowest BCUT2D eigenvalue weighted by molar-refractivity contribution is -0.384. The van der Waals surface area contributed by atoms with Crippen LogP contribution in [0.25, 0.3) is 0 Å². The van der Waals surface area contributed by atoms with Crippen molar-refractivity contribution in [2.45, 2.75) is 19.1 Å². The van der Waals surface area contributed by atoms with Crippen LogP contribution in [0.2, 0.25) is 0 Å². The van der Waals surface area contributed by atoms with Gasteiger partial charge in [0.2, 0.25) is 0 Å². The van der Waals surface area contributed by atoms with Crippen molar-refractivity contribution in [2.24, 2.45) is 0 Å². The second-order valence-corrected chi connectivity index (χ2v) is 5.13. The highest BCUT2D eigenvalue weighted by Gasteiger charge is 2.10. The number of nitro benzene ring substituents is 1. The molecule has 0 aliphatic carbocycles. The largest absolute Gasteiger partial charge is 0.385 e. The van der Waals surface area contributed by atoms with Gasteiger partial charge in [-0.15, -0.1) is 0 Å². The van der Waals surface area contributed by atoms with Crippen molar-refractivity contribution in [3.63, 3.8) is 0 Å². The molecule has 6 heteroatoms. The first-order chi connectivity index (χ1) is 9.19. The zero-order valence-corrected chi connectivity index (χ0v) is 12.2. The summed E-state index contributed by atoms with van der Waals surface area (Å²) in [4.78, 5) is 10.4. The molecule has 0 atom stereocenters. The van der Waals surface area contributed by atoms with Gasteiger partial charge in [0.05, 0.1) is 4.92 Å². The highest BCUT2D eigenvalue weighted by Crippen LogP contribution is 2.26. The van der Waals surface area contributed by atoms with Gasteiger partial charge in [-0.05, 0) is 30.7 Å². The fraction of sp³-hybridized carbons (Fsp3) is 0.538. The van der Waals surface area contributed by atoms with E-state index in [1.807, 2.05) is 6.92 Å². The molecule has 0 radical (unpaired) electrons. The Balaban J connectivity index is 2.65. The van der Waals surface area contributed by atoms with Crippen molar-refractivity contribution in [1.82, 2.24) is 0 Å². The molecule has 0 bridgehead atoms. The minimum Gasteiger partial charge on any atom is -0.385 e. The van der Waals surface area contributed by atoms with Crippen molar-refractivity contribution in [3.05, 3.63) is 33.9 Å². The van der Waals surface area contributed by atoms with Crippen LogP contribution in [0.4, 0.5) is 11.4 Å². The third kappa shape index (κ3) is 5.48. The number of nitro groups is 1. The molecule has 0 aliphatic rings. The van der Waals surface area contributed by atoms with Gasteiger partial charge in [-0.2, -0.15) is 11.8 Å². The fourth-order valence-corrected chi connectivity index (χ4v) is 2.59.